The van der Waals surface area contributed by atoms with E-state index < -0.39 is 10.0 Å². The van der Waals surface area contributed by atoms with Gasteiger partial charge in [0.15, 0.2) is 17.8 Å². The number of aromatic nitrogens is 1. The third-order valence-corrected chi connectivity index (χ3v) is 5.41. The summed E-state index contributed by atoms with van der Waals surface area (Å²) in [7, 11) is -3.81. The molecule has 4 rings (SSSR count). The Kier molecular flexibility index (Phi) is 2.92. The Balaban J connectivity index is 2.03. The van der Waals surface area contributed by atoms with Gasteiger partial charge < -0.3 is 9.47 Å². The van der Waals surface area contributed by atoms with Crippen LogP contribution in [-0.4, -0.2) is 25.5 Å². The van der Waals surface area contributed by atoms with Crippen LogP contribution in [0.25, 0.3) is 10.9 Å². The second-order valence-corrected chi connectivity index (χ2v) is 6.85. The van der Waals surface area contributed by atoms with Crippen molar-refractivity contribution in [3.63, 3.8) is 0 Å². The smallest absolute Gasteiger partial charge is 0.268 e. The van der Waals surface area contributed by atoms with Crippen molar-refractivity contribution in [1.29, 1.82) is 0 Å². The summed E-state index contributed by atoms with van der Waals surface area (Å²) < 4.78 is 37.4. The first kappa shape index (κ1) is 13.8. The van der Waals surface area contributed by atoms with Gasteiger partial charge in [-0.1, -0.05) is 18.2 Å². The standard InChI is InChI=1S/C16H11NO5S/c18-9-11-8-17(23(19,20)12-4-2-1-3-5-12)14-7-16-15(6-13(11)14)21-10-22-16/h1-9H,10H2. The van der Waals surface area contributed by atoms with Crippen LogP contribution in [0.3, 0.4) is 0 Å². The first-order valence-electron chi connectivity index (χ1n) is 6.82. The van der Waals surface area contributed by atoms with Crippen LogP contribution in [0.15, 0.2) is 53.6 Å². The Hall–Kier alpha value is -2.80. The lowest BCUT2D eigenvalue weighted by Crippen LogP contribution is -2.11. The molecule has 23 heavy (non-hydrogen) atoms. The summed E-state index contributed by atoms with van der Waals surface area (Å²) in [6.45, 7) is 0.0732. The molecule has 0 atom stereocenters. The van der Waals surface area contributed by atoms with Gasteiger partial charge in [-0.3, -0.25) is 4.79 Å². The minimum atomic E-state index is -3.81. The van der Waals surface area contributed by atoms with Gasteiger partial charge in [0.2, 0.25) is 6.79 Å². The van der Waals surface area contributed by atoms with Crippen molar-refractivity contribution < 1.29 is 22.7 Å². The van der Waals surface area contributed by atoms with E-state index in [1.54, 1.807) is 30.3 Å². The molecule has 1 aliphatic heterocycles. The molecule has 7 heteroatoms. The van der Waals surface area contributed by atoms with Crippen molar-refractivity contribution in [2.75, 3.05) is 6.79 Å². The highest BCUT2D eigenvalue weighted by atomic mass is 32.2. The van der Waals surface area contributed by atoms with Crippen LogP contribution in [0, 0.1) is 0 Å². The SMILES string of the molecule is O=Cc1cn(S(=O)(=O)c2ccccc2)c2cc3c(cc12)OCO3. The monoisotopic (exact) mass is 329 g/mol. The molecule has 2 heterocycles. The Labute approximate surface area is 131 Å². The highest BCUT2D eigenvalue weighted by molar-refractivity contribution is 7.90. The Bertz CT molecular complexity index is 1020. The topological polar surface area (TPSA) is 74.6 Å². The molecule has 2 aromatic carbocycles. The maximum atomic E-state index is 12.9. The average Bonchev–Trinajstić information content (AvgIpc) is 3.17. The molecule has 0 aliphatic carbocycles. The average molecular weight is 329 g/mol. The van der Waals surface area contributed by atoms with E-state index in [0.717, 1.165) is 3.97 Å². The van der Waals surface area contributed by atoms with E-state index in [4.69, 9.17) is 9.47 Å². The predicted octanol–water partition coefficient (Wildman–Crippen LogP) is 2.42. The Morgan fingerprint density at radius 1 is 1.04 bits per heavy atom. The van der Waals surface area contributed by atoms with Gasteiger partial charge in [-0.15, -0.1) is 0 Å². The van der Waals surface area contributed by atoms with Gasteiger partial charge in [-0.05, 0) is 18.2 Å². The van der Waals surface area contributed by atoms with E-state index in [-0.39, 0.29) is 17.3 Å². The summed E-state index contributed by atoms with van der Waals surface area (Å²) >= 11 is 0. The number of benzene rings is 2. The molecule has 1 aromatic heterocycles. The Morgan fingerprint density at radius 3 is 2.43 bits per heavy atom. The normalized spacial score (nSPS) is 13.4. The second kappa shape index (κ2) is 4.85. The van der Waals surface area contributed by atoms with Crippen LogP contribution in [0.1, 0.15) is 10.4 Å². The lowest BCUT2D eigenvalue weighted by molar-refractivity contribution is 0.112. The maximum absolute atomic E-state index is 12.9. The van der Waals surface area contributed by atoms with E-state index in [1.165, 1.54) is 18.3 Å². The van der Waals surface area contributed by atoms with E-state index >= 15 is 0 Å². The molecule has 0 radical (unpaired) electrons. The molecule has 0 bridgehead atoms. The number of nitrogens with zero attached hydrogens (tertiary/aromatic N) is 1. The molecule has 1 aliphatic rings. The molecule has 0 saturated carbocycles. The first-order chi connectivity index (χ1) is 11.1. The number of hydrogen-bond acceptors (Lipinski definition) is 5. The van der Waals surface area contributed by atoms with E-state index in [2.05, 4.69) is 0 Å². The maximum Gasteiger partial charge on any atom is 0.268 e. The van der Waals surface area contributed by atoms with Gasteiger partial charge in [0.25, 0.3) is 10.0 Å². The molecule has 0 fully saturated rings. The van der Waals surface area contributed by atoms with Crippen molar-refractivity contribution in [3.8, 4) is 11.5 Å². The summed E-state index contributed by atoms with van der Waals surface area (Å²) in [6.07, 6.45) is 1.94. The van der Waals surface area contributed by atoms with Crippen LogP contribution < -0.4 is 9.47 Å². The summed E-state index contributed by atoms with van der Waals surface area (Å²) in [5, 5.41) is 0.503. The van der Waals surface area contributed by atoms with Crippen molar-refractivity contribution in [3.05, 3.63) is 54.2 Å². The largest absolute Gasteiger partial charge is 0.454 e. The van der Waals surface area contributed by atoms with Gasteiger partial charge in [-0.25, -0.2) is 12.4 Å². The van der Waals surface area contributed by atoms with Gasteiger partial charge in [0, 0.05) is 23.2 Å². The molecular weight excluding hydrogens is 318 g/mol. The fourth-order valence-electron chi connectivity index (χ4n) is 2.61. The predicted molar refractivity (Wildman–Crippen MR) is 82.5 cm³/mol. The summed E-state index contributed by atoms with van der Waals surface area (Å²) in [5.74, 6) is 0.952. The van der Waals surface area contributed by atoms with Crippen LogP contribution in [0.2, 0.25) is 0 Å². The number of carbonyl (C=O) groups excluding carboxylic acids is 1. The highest BCUT2D eigenvalue weighted by Gasteiger charge is 2.24. The number of rotatable bonds is 3. The third kappa shape index (κ3) is 2.01. The van der Waals surface area contributed by atoms with E-state index in [1.807, 2.05) is 0 Å². The molecule has 6 nitrogen and oxygen atoms in total. The van der Waals surface area contributed by atoms with Crippen LogP contribution in [-0.2, 0) is 10.0 Å². The molecule has 116 valence electrons. The Morgan fingerprint density at radius 2 is 1.74 bits per heavy atom. The molecule has 0 amide bonds. The zero-order valence-electron chi connectivity index (χ0n) is 11.8. The van der Waals surface area contributed by atoms with Crippen molar-refractivity contribution in [2.24, 2.45) is 0 Å². The zero-order chi connectivity index (χ0) is 16.0. The van der Waals surface area contributed by atoms with Gasteiger partial charge in [0.1, 0.15) is 0 Å². The number of fused-ring (bicyclic) bond motifs is 2. The quantitative estimate of drug-likeness (QED) is 0.690. The lowest BCUT2D eigenvalue weighted by Gasteiger charge is -2.07. The lowest BCUT2D eigenvalue weighted by atomic mass is 10.2. The molecule has 0 unspecified atom stereocenters. The second-order valence-electron chi connectivity index (χ2n) is 5.04. The van der Waals surface area contributed by atoms with Crippen LogP contribution >= 0.6 is 0 Å². The number of carbonyl (C=O) groups is 1. The van der Waals surface area contributed by atoms with Crippen molar-refractivity contribution in [1.82, 2.24) is 3.97 Å². The minimum Gasteiger partial charge on any atom is -0.454 e. The van der Waals surface area contributed by atoms with Gasteiger partial charge in [0.05, 0.1) is 10.4 Å². The summed E-state index contributed by atoms with van der Waals surface area (Å²) in [6, 6.07) is 11.2. The van der Waals surface area contributed by atoms with Crippen LogP contribution in [0.5, 0.6) is 11.5 Å². The fraction of sp³-hybridized carbons (Fsp3) is 0.0625. The van der Waals surface area contributed by atoms with E-state index in [0.29, 0.717) is 28.7 Å². The van der Waals surface area contributed by atoms with Crippen LogP contribution in [0.4, 0.5) is 0 Å². The van der Waals surface area contributed by atoms with Gasteiger partial charge >= 0.3 is 0 Å². The number of aldehydes is 1. The number of hydrogen-bond donors (Lipinski definition) is 0. The fourth-order valence-corrected chi connectivity index (χ4v) is 4.00. The molecule has 0 saturated heterocycles. The minimum absolute atomic E-state index is 0.0732. The highest BCUT2D eigenvalue weighted by Crippen LogP contribution is 2.38. The zero-order valence-corrected chi connectivity index (χ0v) is 12.6. The van der Waals surface area contributed by atoms with Crippen molar-refractivity contribution in [2.45, 2.75) is 4.90 Å². The summed E-state index contributed by atoms with van der Waals surface area (Å²) in [4.78, 5) is 11.5. The molecule has 0 N–H and O–H groups in total. The van der Waals surface area contributed by atoms with Gasteiger partial charge in [-0.2, -0.15) is 0 Å². The third-order valence-electron chi connectivity index (χ3n) is 3.72. The first-order valence-corrected chi connectivity index (χ1v) is 8.26. The number of ether oxygens (including phenoxy) is 2. The molecular formula is C16H11NO5S. The molecule has 0 spiro atoms. The van der Waals surface area contributed by atoms with E-state index in [9.17, 15) is 13.2 Å². The summed E-state index contributed by atoms with van der Waals surface area (Å²) in [5.41, 5.74) is 0.651. The van der Waals surface area contributed by atoms with Crippen molar-refractivity contribution >= 4 is 27.2 Å². The molecule has 3 aromatic rings.